The summed E-state index contributed by atoms with van der Waals surface area (Å²) in [5, 5.41) is 17.1. The minimum Gasteiger partial charge on any atom is -0.452 e. The number of anilines is 2. The van der Waals surface area contributed by atoms with Gasteiger partial charge in [0.15, 0.2) is 6.61 Å². The van der Waals surface area contributed by atoms with Crippen LogP contribution in [-0.2, 0) is 14.3 Å². The summed E-state index contributed by atoms with van der Waals surface area (Å²) in [6, 6.07) is 8.71. The molecule has 0 fully saturated rings. The van der Waals surface area contributed by atoms with Gasteiger partial charge in [0.05, 0.1) is 17.1 Å². The van der Waals surface area contributed by atoms with Gasteiger partial charge in [0, 0.05) is 42.2 Å². The second kappa shape index (κ2) is 10.4. The molecule has 2 aromatic rings. The number of aryl methyl sites for hydroxylation is 1. The first kappa shape index (κ1) is 22.1. The lowest BCUT2D eigenvalue weighted by molar-refractivity contribution is -0.384. The van der Waals surface area contributed by atoms with E-state index in [4.69, 9.17) is 21.1 Å². The number of benzene rings is 2. The highest BCUT2D eigenvalue weighted by Gasteiger charge is 2.19. The molecule has 0 heterocycles. The molecule has 0 saturated heterocycles. The van der Waals surface area contributed by atoms with Crippen LogP contribution in [0, 0.1) is 17.0 Å². The van der Waals surface area contributed by atoms with Crippen molar-refractivity contribution in [3.8, 4) is 0 Å². The van der Waals surface area contributed by atoms with E-state index in [1.807, 2.05) is 0 Å². The van der Waals surface area contributed by atoms with Gasteiger partial charge in [0.1, 0.15) is 0 Å². The van der Waals surface area contributed by atoms with E-state index in [0.717, 1.165) is 11.6 Å². The zero-order valence-electron chi connectivity index (χ0n) is 15.9. The van der Waals surface area contributed by atoms with Crippen molar-refractivity contribution in [2.75, 3.05) is 37.5 Å². The van der Waals surface area contributed by atoms with Gasteiger partial charge in [0.25, 0.3) is 11.6 Å². The lowest BCUT2D eigenvalue weighted by Crippen LogP contribution is -2.22. The maximum absolute atomic E-state index is 12.4. The highest BCUT2D eigenvalue weighted by Crippen LogP contribution is 2.23. The molecule has 10 heteroatoms. The number of non-ortho nitro benzene ring substituents is 1. The minimum absolute atomic E-state index is 0.0502. The third-order valence-electron chi connectivity index (χ3n) is 3.85. The van der Waals surface area contributed by atoms with Crippen molar-refractivity contribution in [1.82, 2.24) is 0 Å². The van der Waals surface area contributed by atoms with Crippen LogP contribution in [0.1, 0.15) is 15.9 Å². The van der Waals surface area contributed by atoms with Crippen LogP contribution in [0.4, 0.5) is 17.1 Å². The normalized spacial score (nSPS) is 10.3. The van der Waals surface area contributed by atoms with Crippen LogP contribution in [0.3, 0.4) is 0 Å². The summed E-state index contributed by atoms with van der Waals surface area (Å²) in [6.07, 6.45) is 0. The molecule has 154 valence electrons. The molecule has 9 nitrogen and oxygen atoms in total. The maximum Gasteiger partial charge on any atom is 0.341 e. The molecule has 0 aliphatic carbocycles. The Morgan fingerprint density at radius 2 is 1.90 bits per heavy atom. The summed E-state index contributed by atoms with van der Waals surface area (Å²) >= 11 is 5.88. The monoisotopic (exact) mass is 421 g/mol. The summed E-state index contributed by atoms with van der Waals surface area (Å²) in [6.45, 7) is 1.97. The Kier molecular flexibility index (Phi) is 7.93. The van der Waals surface area contributed by atoms with Crippen LogP contribution < -0.4 is 10.6 Å². The molecule has 0 atom stereocenters. The summed E-state index contributed by atoms with van der Waals surface area (Å²) in [5.74, 6) is -1.42. The van der Waals surface area contributed by atoms with Crippen molar-refractivity contribution < 1.29 is 24.0 Å². The Balaban J connectivity index is 2.06. The molecule has 0 saturated carbocycles. The van der Waals surface area contributed by atoms with Gasteiger partial charge < -0.3 is 20.1 Å². The smallest absolute Gasteiger partial charge is 0.341 e. The van der Waals surface area contributed by atoms with E-state index in [0.29, 0.717) is 29.5 Å². The van der Waals surface area contributed by atoms with Crippen LogP contribution in [0.2, 0.25) is 5.02 Å². The number of esters is 1. The van der Waals surface area contributed by atoms with Gasteiger partial charge in [0.2, 0.25) is 0 Å². The van der Waals surface area contributed by atoms with Crippen molar-refractivity contribution in [3.63, 3.8) is 0 Å². The number of ether oxygens (including phenoxy) is 2. The fraction of sp³-hybridized carbons (Fsp3) is 0.263. The summed E-state index contributed by atoms with van der Waals surface area (Å²) in [4.78, 5) is 34.9. The number of hydrogen-bond acceptors (Lipinski definition) is 7. The number of rotatable bonds is 9. The molecule has 0 aliphatic heterocycles. The summed E-state index contributed by atoms with van der Waals surface area (Å²) in [5.41, 5.74) is 1.31. The number of hydrogen-bond donors (Lipinski definition) is 2. The third kappa shape index (κ3) is 6.44. The fourth-order valence-electron chi connectivity index (χ4n) is 2.42. The van der Waals surface area contributed by atoms with E-state index in [9.17, 15) is 19.7 Å². The number of halogens is 1. The van der Waals surface area contributed by atoms with Crippen LogP contribution in [-0.4, -0.2) is 43.7 Å². The molecular formula is C19H20ClN3O6. The number of nitrogens with one attached hydrogen (secondary N) is 2. The van der Waals surface area contributed by atoms with Gasteiger partial charge in [-0.15, -0.1) is 0 Å². The molecule has 2 rings (SSSR count). The molecule has 2 aromatic carbocycles. The lowest BCUT2D eigenvalue weighted by atomic mass is 10.1. The average Bonchev–Trinajstić information content (AvgIpc) is 2.68. The second-order valence-corrected chi connectivity index (χ2v) is 6.43. The first-order chi connectivity index (χ1) is 13.8. The molecule has 2 N–H and O–H groups in total. The minimum atomic E-state index is -0.864. The van der Waals surface area contributed by atoms with Gasteiger partial charge in [-0.05, 0) is 36.8 Å². The first-order valence-electron chi connectivity index (χ1n) is 8.56. The van der Waals surface area contributed by atoms with Crippen molar-refractivity contribution in [1.29, 1.82) is 0 Å². The molecule has 0 radical (unpaired) electrons. The fourth-order valence-corrected chi connectivity index (χ4v) is 2.65. The van der Waals surface area contributed by atoms with Gasteiger partial charge in [-0.25, -0.2) is 4.79 Å². The standard InChI is InChI=1S/C19H20ClN3O6/c1-12-9-13(20)3-5-16(12)22-18(24)11-29-19(25)15-10-14(23(26)27)4-6-17(15)21-7-8-28-2/h3-6,9-10,21H,7-8,11H2,1-2H3,(H,22,24). The first-order valence-corrected chi connectivity index (χ1v) is 8.94. The molecule has 0 aliphatic rings. The molecule has 0 unspecified atom stereocenters. The van der Waals surface area contributed by atoms with E-state index in [-0.39, 0.29) is 11.3 Å². The SMILES string of the molecule is COCCNc1ccc([N+](=O)[O-])cc1C(=O)OCC(=O)Nc1ccc(Cl)cc1C. The van der Waals surface area contributed by atoms with E-state index in [1.54, 1.807) is 25.1 Å². The summed E-state index contributed by atoms with van der Waals surface area (Å²) in [7, 11) is 1.52. The predicted octanol–water partition coefficient (Wildman–Crippen LogP) is 3.41. The Hall–Kier alpha value is -3.17. The zero-order chi connectivity index (χ0) is 21.4. The zero-order valence-corrected chi connectivity index (χ0v) is 16.6. The number of amides is 1. The number of methoxy groups -OCH3 is 1. The number of nitro groups is 1. The Morgan fingerprint density at radius 3 is 2.55 bits per heavy atom. The molecule has 29 heavy (non-hydrogen) atoms. The highest BCUT2D eigenvalue weighted by molar-refractivity contribution is 6.30. The molecule has 0 spiro atoms. The van der Waals surface area contributed by atoms with Gasteiger partial charge in [-0.1, -0.05) is 11.6 Å². The molecular weight excluding hydrogens is 402 g/mol. The summed E-state index contributed by atoms with van der Waals surface area (Å²) < 4.78 is 9.97. The number of nitro benzene ring substituents is 1. The number of nitrogens with zero attached hydrogens (tertiary/aromatic N) is 1. The van der Waals surface area contributed by atoms with E-state index in [2.05, 4.69) is 10.6 Å². The van der Waals surface area contributed by atoms with Crippen molar-refractivity contribution in [2.45, 2.75) is 6.92 Å². The average molecular weight is 422 g/mol. The van der Waals surface area contributed by atoms with E-state index < -0.39 is 23.4 Å². The van der Waals surface area contributed by atoms with Crippen molar-refractivity contribution in [3.05, 3.63) is 62.7 Å². The second-order valence-electron chi connectivity index (χ2n) is 5.99. The Bertz CT molecular complexity index is 919. The van der Waals surface area contributed by atoms with Gasteiger partial charge >= 0.3 is 5.97 Å². The number of carbonyl (C=O) groups excluding carboxylic acids is 2. The lowest BCUT2D eigenvalue weighted by Gasteiger charge is -2.12. The third-order valence-corrected chi connectivity index (χ3v) is 4.09. The number of carbonyl (C=O) groups is 2. The molecule has 0 bridgehead atoms. The topological polar surface area (TPSA) is 120 Å². The van der Waals surface area contributed by atoms with E-state index in [1.165, 1.54) is 19.2 Å². The molecule has 1 amide bonds. The van der Waals surface area contributed by atoms with E-state index >= 15 is 0 Å². The van der Waals surface area contributed by atoms with Crippen LogP contribution >= 0.6 is 11.6 Å². The Morgan fingerprint density at radius 1 is 1.17 bits per heavy atom. The predicted molar refractivity (Wildman–Crippen MR) is 109 cm³/mol. The quantitative estimate of drug-likeness (QED) is 0.275. The highest BCUT2D eigenvalue weighted by atomic mass is 35.5. The van der Waals surface area contributed by atoms with Gasteiger partial charge in [-0.3, -0.25) is 14.9 Å². The Labute approximate surface area is 172 Å². The van der Waals surface area contributed by atoms with Crippen LogP contribution in [0.25, 0.3) is 0 Å². The van der Waals surface area contributed by atoms with Crippen LogP contribution in [0.5, 0.6) is 0 Å². The van der Waals surface area contributed by atoms with Crippen molar-refractivity contribution in [2.24, 2.45) is 0 Å². The maximum atomic E-state index is 12.4. The van der Waals surface area contributed by atoms with Crippen LogP contribution in [0.15, 0.2) is 36.4 Å². The van der Waals surface area contributed by atoms with Crippen molar-refractivity contribution >= 4 is 40.5 Å². The molecule has 0 aromatic heterocycles. The largest absolute Gasteiger partial charge is 0.452 e. The van der Waals surface area contributed by atoms with Gasteiger partial charge in [-0.2, -0.15) is 0 Å².